The normalized spacial score (nSPS) is 11.4. The molecule has 0 aromatic heterocycles. The van der Waals surface area contributed by atoms with Gasteiger partial charge in [0.15, 0.2) is 0 Å². The lowest BCUT2D eigenvalue weighted by Crippen LogP contribution is -2.42. The van der Waals surface area contributed by atoms with E-state index in [0.29, 0.717) is 0 Å². The molecule has 0 unspecified atom stereocenters. The fourth-order valence-corrected chi connectivity index (χ4v) is 2.84. The summed E-state index contributed by atoms with van der Waals surface area (Å²) in [6.45, 7) is 0. The molecule has 0 saturated carbocycles. The van der Waals surface area contributed by atoms with E-state index in [-0.39, 0.29) is 17.5 Å². The minimum Gasteiger partial charge on any atom is -0.480 e. The molecular weight excluding hydrogens is 437 g/mol. The van der Waals surface area contributed by atoms with E-state index in [9.17, 15) is 19.5 Å². The molecule has 2 aromatic carbocycles. The van der Waals surface area contributed by atoms with E-state index in [4.69, 9.17) is 0 Å². The van der Waals surface area contributed by atoms with Gasteiger partial charge in [-0.05, 0) is 52.4 Å². The molecular formula is C18H16INO5. The first-order valence-electron chi connectivity index (χ1n) is 7.38. The molecule has 0 aliphatic rings. The summed E-state index contributed by atoms with van der Waals surface area (Å²) in [6.07, 6.45) is 0.164. The predicted octanol–water partition coefficient (Wildman–Crippen LogP) is 2.50. The van der Waals surface area contributed by atoms with Gasteiger partial charge in [-0.25, -0.2) is 9.59 Å². The van der Waals surface area contributed by atoms with E-state index in [2.05, 4.69) is 32.6 Å². The Morgan fingerprint density at radius 1 is 1.12 bits per heavy atom. The molecule has 130 valence electrons. The molecule has 25 heavy (non-hydrogen) atoms. The largest absolute Gasteiger partial charge is 0.480 e. The fraction of sp³-hybridized carbons (Fsp3) is 0.167. The summed E-state index contributed by atoms with van der Waals surface area (Å²) >= 11 is 2.12. The number of benzene rings is 2. The van der Waals surface area contributed by atoms with Crippen LogP contribution < -0.4 is 5.32 Å². The smallest absolute Gasteiger partial charge is 0.337 e. The molecule has 0 radical (unpaired) electrons. The third-order valence-electron chi connectivity index (χ3n) is 3.53. The van der Waals surface area contributed by atoms with Gasteiger partial charge in [0.25, 0.3) is 5.91 Å². The van der Waals surface area contributed by atoms with Gasteiger partial charge in [-0.2, -0.15) is 0 Å². The molecule has 0 aliphatic heterocycles. The molecule has 2 N–H and O–H groups in total. The average Bonchev–Trinajstić information content (AvgIpc) is 2.62. The van der Waals surface area contributed by atoms with Gasteiger partial charge in [-0.1, -0.05) is 24.3 Å². The summed E-state index contributed by atoms with van der Waals surface area (Å²) in [6, 6.07) is 12.2. The van der Waals surface area contributed by atoms with E-state index in [0.717, 1.165) is 9.13 Å². The SMILES string of the molecule is COC(=O)c1cccc(C(=O)N[C@@H](Cc2ccccc2I)C(=O)O)c1. The van der Waals surface area contributed by atoms with Gasteiger partial charge < -0.3 is 15.2 Å². The molecule has 1 atom stereocenters. The Bertz CT molecular complexity index is 806. The van der Waals surface area contributed by atoms with Crippen molar-refractivity contribution in [1.29, 1.82) is 0 Å². The number of carboxylic acid groups (broad SMARTS) is 1. The predicted molar refractivity (Wildman–Crippen MR) is 99.5 cm³/mol. The number of amides is 1. The maximum absolute atomic E-state index is 12.4. The third-order valence-corrected chi connectivity index (χ3v) is 4.58. The van der Waals surface area contributed by atoms with Crippen LogP contribution in [0.5, 0.6) is 0 Å². The van der Waals surface area contributed by atoms with Crippen LogP contribution in [-0.4, -0.2) is 36.1 Å². The Morgan fingerprint density at radius 3 is 2.44 bits per heavy atom. The zero-order valence-corrected chi connectivity index (χ0v) is 15.5. The first-order chi connectivity index (χ1) is 11.9. The summed E-state index contributed by atoms with van der Waals surface area (Å²) in [5.74, 6) is -2.26. The zero-order valence-electron chi connectivity index (χ0n) is 13.4. The van der Waals surface area contributed by atoms with Crippen LogP contribution in [0.1, 0.15) is 26.3 Å². The Labute approximate surface area is 158 Å². The highest BCUT2D eigenvalue weighted by molar-refractivity contribution is 14.1. The van der Waals surface area contributed by atoms with Gasteiger partial charge in [-0.15, -0.1) is 0 Å². The number of nitrogens with one attached hydrogen (secondary N) is 1. The Morgan fingerprint density at radius 2 is 1.80 bits per heavy atom. The monoisotopic (exact) mass is 453 g/mol. The summed E-state index contributed by atoms with van der Waals surface area (Å²) in [7, 11) is 1.25. The van der Waals surface area contributed by atoms with E-state index < -0.39 is 23.9 Å². The van der Waals surface area contributed by atoms with Crippen LogP contribution in [0.15, 0.2) is 48.5 Å². The van der Waals surface area contributed by atoms with Crippen molar-refractivity contribution in [2.75, 3.05) is 7.11 Å². The summed E-state index contributed by atoms with van der Waals surface area (Å²) in [5.41, 5.74) is 1.25. The van der Waals surface area contributed by atoms with Crippen molar-refractivity contribution in [2.45, 2.75) is 12.5 Å². The summed E-state index contributed by atoms with van der Waals surface area (Å²) < 4.78 is 5.54. The standard InChI is InChI=1S/C18H16INO5/c1-25-18(24)13-7-4-6-12(9-13)16(21)20-15(17(22)23)10-11-5-2-3-8-14(11)19/h2-9,15H,10H2,1H3,(H,20,21)(H,22,23)/t15-/m0/s1. The fourth-order valence-electron chi connectivity index (χ4n) is 2.23. The number of hydrogen-bond acceptors (Lipinski definition) is 4. The molecule has 0 fully saturated rings. The topological polar surface area (TPSA) is 92.7 Å². The van der Waals surface area contributed by atoms with Gasteiger partial charge in [0.05, 0.1) is 12.7 Å². The third kappa shape index (κ3) is 5.02. The molecule has 7 heteroatoms. The lowest BCUT2D eigenvalue weighted by molar-refractivity contribution is -0.139. The van der Waals surface area contributed by atoms with Gasteiger partial charge in [0, 0.05) is 15.6 Å². The molecule has 6 nitrogen and oxygen atoms in total. The number of carboxylic acids is 1. The van der Waals surface area contributed by atoms with Gasteiger partial charge in [0.1, 0.15) is 6.04 Å². The molecule has 0 heterocycles. The molecule has 2 rings (SSSR count). The van der Waals surface area contributed by atoms with Crippen LogP contribution in [-0.2, 0) is 16.0 Å². The number of hydrogen-bond donors (Lipinski definition) is 2. The number of halogens is 1. The van der Waals surface area contributed by atoms with Crippen LogP contribution in [0.2, 0.25) is 0 Å². The molecule has 0 aliphatic carbocycles. The lowest BCUT2D eigenvalue weighted by Gasteiger charge is -2.16. The van der Waals surface area contributed by atoms with Gasteiger partial charge >= 0.3 is 11.9 Å². The first kappa shape index (κ1) is 18.9. The van der Waals surface area contributed by atoms with E-state index in [1.165, 1.54) is 31.4 Å². The maximum Gasteiger partial charge on any atom is 0.337 e. The number of esters is 1. The van der Waals surface area contributed by atoms with Crippen LogP contribution in [0.4, 0.5) is 0 Å². The first-order valence-corrected chi connectivity index (χ1v) is 8.45. The van der Waals surface area contributed by atoms with Crippen molar-refractivity contribution >= 4 is 40.4 Å². The molecule has 0 bridgehead atoms. The lowest BCUT2D eigenvalue weighted by atomic mass is 10.0. The molecule has 0 saturated heterocycles. The van der Waals surface area contributed by atoms with Crippen molar-refractivity contribution in [3.05, 3.63) is 68.8 Å². The Kier molecular flexibility index (Phi) is 6.51. The minimum atomic E-state index is -1.13. The second-order valence-corrected chi connectivity index (χ2v) is 6.39. The van der Waals surface area contributed by atoms with Gasteiger partial charge in [0.2, 0.25) is 0 Å². The van der Waals surface area contributed by atoms with Crippen molar-refractivity contribution in [3.8, 4) is 0 Å². The zero-order chi connectivity index (χ0) is 18.4. The average molecular weight is 453 g/mol. The van der Waals surface area contributed by atoms with Crippen LogP contribution >= 0.6 is 22.6 Å². The second-order valence-electron chi connectivity index (χ2n) is 5.23. The second kappa shape index (κ2) is 8.61. The highest BCUT2D eigenvalue weighted by Gasteiger charge is 2.22. The number of rotatable bonds is 6. The summed E-state index contributed by atoms with van der Waals surface area (Å²) in [4.78, 5) is 35.4. The molecule has 0 spiro atoms. The molecule has 2 aromatic rings. The van der Waals surface area contributed by atoms with Crippen molar-refractivity contribution in [2.24, 2.45) is 0 Å². The number of aliphatic carboxylic acids is 1. The van der Waals surface area contributed by atoms with E-state index in [1.807, 2.05) is 24.3 Å². The highest BCUT2D eigenvalue weighted by Crippen LogP contribution is 2.14. The van der Waals surface area contributed by atoms with Crippen LogP contribution in [0, 0.1) is 3.57 Å². The van der Waals surface area contributed by atoms with Crippen LogP contribution in [0.25, 0.3) is 0 Å². The number of carbonyl (C=O) groups is 3. The van der Waals surface area contributed by atoms with E-state index >= 15 is 0 Å². The Hall–Kier alpha value is -2.42. The van der Waals surface area contributed by atoms with Gasteiger partial charge in [-0.3, -0.25) is 4.79 Å². The number of carbonyl (C=O) groups excluding carboxylic acids is 2. The van der Waals surface area contributed by atoms with Crippen molar-refractivity contribution < 1.29 is 24.2 Å². The Balaban J connectivity index is 2.17. The molecule has 1 amide bonds. The maximum atomic E-state index is 12.4. The number of ether oxygens (including phenoxy) is 1. The minimum absolute atomic E-state index is 0.164. The quantitative estimate of drug-likeness (QED) is 0.518. The van der Waals surface area contributed by atoms with Crippen molar-refractivity contribution in [3.63, 3.8) is 0 Å². The van der Waals surface area contributed by atoms with Crippen LogP contribution in [0.3, 0.4) is 0 Å². The number of methoxy groups -OCH3 is 1. The van der Waals surface area contributed by atoms with Crippen molar-refractivity contribution in [1.82, 2.24) is 5.32 Å². The summed E-state index contributed by atoms with van der Waals surface area (Å²) in [5, 5.41) is 11.9. The highest BCUT2D eigenvalue weighted by atomic mass is 127. The van der Waals surface area contributed by atoms with E-state index in [1.54, 1.807) is 0 Å².